The fourth-order valence-electron chi connectivity index (χ4n) is 3.37. The molecule has 2 N–H and O–H groups in total. The van der Waals surface area contributed by atoms with E-state index in [4.69, 9.17) is 9.84 Å². The second-order valence-corrected chi connectivity index (χ2v) is 8.06. The molecule has 4 heterocycles. The van der Waals surface area contributed by atoms with Gasteiger partial charge in [-0.05, 0) is 24.3 Å². The summed E-state index contributed by atoms with van der Waals surface area (Å²) >= 11 is 0. The minimum Gasteiger partial charge on any atom is -0.394 e. The van der Waals surface area contributed by atoms with Gasteiger partial charge in [0.2, 0.25) is 0 Å². The zero-order chi connectivity index (χ0) is 28.2. The van der Waals surface area contributed by atoms with E-state index in [2.05, 4.69) is 35.5 Å². The van der Waals surface area contributed by atoms with Gasteiger partial charge in [0.15, 0.2) is 11.5 Å². The van der Waals surface area contributed by atoms with Crippen molar-refractivity contribution in [3.63, 3.8) is 0 Å². The summed E-state index contributed by atoms with van der Waals surface area (Å²) in [5.74, 6) is 0.0224. The van der Waals surface area contributed by atoms with E-state index in [9.17, 15) is 26.3 Å². The van der Waals surface area contributed by atoms with Gasteiger partial charge in [-0.1, -0.05) is 0 Å². The summed E-state index contributed by atoms with van der Waals surface area (Å²) in [5.41, 5.74) is -2.44. The molecule has 0 amide bonds. The Kier molecular flexibility index (Phi) is 8.06. The summed E-state index contributed by atoms with van der Waals surface area (Å²) in [7, 11) is 1.52. The molecule has 0 unspecified atom stereocenters. The Labute approximate surface area is 216 Å². The molecule has 39 heavy (non-hydrogen) atoms. The molecule has 0 aliphatic rings. The van der Waals surface area contributed by atoms with Gasteiger partial charge in [0.1, 0.15) is 22.7 Å². The maximum atomic E-state index is 14.0. The highest BCUT2D eigenvalue weighted by Gasteiger charge is 2.36. The number of hydrogen-bond donors (Lipinski definition) is 2. The first-order valence-corrected chi connectivity index (χ1v) is 11.2. The molecule has 0 radical (unpaired) electrons. The van der Waals surface area contributed by atoms with Gasteiger partial charge in [-0.25, -0.2) is 19.9 Å². The lowest BCUT2D eigenvalue weighted by Gasteiger charge is -2.20. The molecular weight excluding hydrogens is 534 g/mol. The van der Waals surface area contributed by atoms with E-state index in [1.165, 1.54) is 24.2 Å². The van der Waals surface area contributed by atoms with Crippen LogP contribution in [-0.4, -0.2) is 68.7 Å². The molecule has 206 valence electrons. The number of nitrogens with one attached hydrogen (secondary N) is 1. The third-order valence-corrected chi connectivity index (χ3v) is 5.33. The van der Waals surface area contributed by atoms with Crippen LogP contribution in [0.4, 0.5) is 43.7 Å². The third kappa shape index (κ3) is 6.64. The van der Waals surface area contributed by atoms with Gasteiger partial charge in [-0.15, -0.1) is 10.2 Å². The summed E-state index contributed by atoms with van der Waals surface area (Å²) < 4.78 is 85.4. The molecule has 10 nitrogen and oxygen atoms in total. The van der Waals surface area contributed by atoms with E-state index in [1.54, 1.807) is 0 Å². The van der Waals surface area contributed by atoms with Crippen LogP contribution in [0.3, 0.4) is 0 Å². The molecular formula is C23H20F6N8O2. The summed E-state index contributed by atoms with van der Waals surface area (Å²) in [6.45, 7) is 0.275. The molecule has 0 saturated carbocycles. The average Bonchev–Trinajstić information content (AvgIpc) is 2.90. The van der Waals surface area contributed by atoms with Gasteiger partial charge < -0.3 is 20.1 Å². The molecule has 4 aromatic rings. The summed E-state index contributed by atoms with van der Waals surface area (Å²) in [4.78, 5) is 17.5. The second kappa shape index (κ2) is 11.3. The van der Waals surface area contributed by atoms with Crippen molar-refractivity contribution in [2.75, 3.05) is 43.6 Å². The van der Waals surface area contributed by atoms with Gasteiger partial charge in [0.05, 0.1) is 42.8 Å². The normalized spacial score (nSPS) is 12.1. The molecule has 4 rings (SSSR count). The van der Waals surface area contributed by atoms with Gasteiger partial charge in [-0.3, -0.25) is 0 Å². The minimum atomic E-state index is -4.80. The van der Waals surface area contributed by atoms with Crippen LogP contribution in [0.1, 0.15) is 11.1 Å². The lowest BCUT2D eigenvalue weighted by atomic mass is 10.1. The number of rotatable bonds is 9. The Morgan fingerprint density at radius 2 is 1.74 bits per heavy atom. The van der Waals surface area contributed by atoms with Gasteiger partial charge >= 0.3 is 12.4 Å². The van der Waals surface area contributed by atoms with Crippen molar-refractivity contribution in [2.24, 2.45) is 0 Å². The quantitative estimate of drug-likeness (QED) is 0.231. The Hall–Kier alpha value is -4.18. The Bertz CT molecular complexity index is 1430. The van der Waals surface area contributed by atoms with Gasteiger partial charge in [-0.2, -0.15) is 26.3 Å². The lowest BCUT2D eigenvalue weighted by Crippen LogP contribution is -2.25. The Morgan fingerprint density at radius 1 is 0.949 bits per heavy atom. The molecule has 0 fully saturated rings. The van der Waals surface area contributed by atoms with Crippen LogP contribution in [0.2, 0.25) is 0 Å². The fourth-order valence-corrected chi connectivity index (χ4v) is 3.37. The number of likely N-dealkylation sites (N-methyl/N-ethyl adjacent to an activating group) is 1. The molecule has 0 aliphatic heterocycles. The highest BCUT2D eigenvalue weighted by molar-refractivity contribution is 5.87. The fraction of sp³-hybridized carbons (Fsp3) is 0.304. The monoisotopic (exact) mass is 554 g/mol. The zero-order valence-electron chi connectivity index (χ0n) is 20.1. The molecule has 0 bridgehead atoms. The van der Waals surface area contributed by atoms with E-state index >= 15 is 0 Å². The number of hydrogen-bond acceptors (Lipinski definition) is 10. The molecule has 0 aliphatic carbocycles. The van der Waals surface area contributed by atoms with Crippen LogP contribution < -0.4 is 10.2 Å². The zero-order valence-corrected chi connectivity index (χ0v) is 20.1. The number of halogens is 6. The molecule has 0 aromatic carbocycles. The molecule has 0 atom stereocenters. The second-order valence-electron chi connectivity index (χ2n) is 8.06. The molecule has 0 saturated heterocycles. The molecule has 16 heteroatoms. The Morgan fingerprint density at radius 3 is 2.41 bits per heavy atom. The van der Waals surface area contributed by atoms with Crippen molar-refractivity contribution in [1.29, 1.82) is 0 Å². The summed E-state index contributed by atoms with van der Waals surface area (Å²) in [6.07, 6.45) is -6.30. The molecule has 4 aromatic heterocycles. The predicted molar refractivity (Wildman–Crippen MR) is 127 cm³/mol. The van der Waals surface area contributed by atoms with Crippen molar-refractivity contribution in [2.45, 2.75) is 12.4 Å². The van der Waals surface area contributed by atoms with Crippen LogP contribution in [0.25, 0.3) is 22.6 Å². The number of ether oxygens (including phenoxy) is 1. The standard InChI is InChI=1S/C23H20F6N8O2/c1-37(6-8-39-9-7-38)18-10-14(23(27,28)29)19(36-35-18)16-12-32-20-15(4-5-30-21(20)34-16)33-17-3-2-13(11-31-17)22(24,25)26/h2-5,10-12,38H,6-9H2,1H3,(H,30,31,33,34). The van der Waals surface area contributed by atoms with Crippen LogP contribution in [-0.2, 0) is 17.1 Å². The van der Waals surface area contributed by atoms with E-state index in [-0.39, 0.29) is 60.5 Å². The predicted octanol–water partition coefficient (Wildman–Crippen LogP) is 4.10. The van der Waals surface area contributed by atoms with Crippen LogP contribution in [0.15, 0.2) is 42.9 Å². The maximum Gasteiger partial charge on any atom is 0.418 e. The first kappa shape index (κ1) is 27.8. The van der Waals surface area contributed by atoms with Crippen molar-refractivity contribution < 1.29 is 36.2 Å². The average molecular weight is 554 g/mol. The first-order valence-electron chi connectivity index (χ1n) is 11.2. The summed E-state index contributed by atoms with van der Waals surface area (Å²) in [5, 5.41) is 19.2. The van der Waals surface area contributed by atoms with Crippen molar-refractivity contribution in [3.05, 3.63) is 54.0 Å². The SMILES string of the molecule is CN(CCOCCO)c1cc(C(F)(F)F)c(-c2cnc3c(Nc4ccc(C(F)(F)F)cn4)ccnc3n2)nn1. The number of aromatic nitrogens is 6. The Balaban J connectivity index is 1.63. The van der Waals surface area contributed by atoms with Gasteiger partial charge in [0.25, 0.3) is 0 Å². The lowest BCUT2D eigenvalue weighted by molar-refractivity contribution is -0.138. The van der Waals surface area contributed by atoms with Crippen molar-refractivity contribution >= 4 is 28.5 Å². The number of aliphatic hydroxyl groups excluding tert-OH is 1. The van der Waals surface area contributed by atoms with E-state index < -0.39 is 29.2 Å². The van der Waals surface area contributed by atoms with E-state index in [0.29, 0.717) is 6.20 Å². The topological polar surface area (TPSA) is 122 Å². The van der Waals surface area contributed by atoms with E-state index in [1.807, 2.05) is 0 Å². The number of alkyl halides is 6. The van der Waals surface area contributed by atoms with Crippen LogP contribution >= 0.6 is 0 Å². The van der Waals surface area contributed by atoms with Crippen molar-refractivity contribution in [1.82, 2.24) is 30.1 Å². The number of aliphatic hydroxyl groups is 1. The largest absolute Gasteiger partial charge is 0.418 e. The highest BCUT2D eigenvalue weighted by atomic mass is 19.4. The van der Waals surface area contributed by atoms with Crippen LogP contribution in [0, 0.1) is 0 Å². The third-order valence-electron chi connectivity index (χ3n) is 5.33. The smallest absolute Gasteiger partial charge is 0.394 e. The summed E-state index contributed by atoms with van der Waals surface area (Å²) in [6, 6.07) is 4.27. The number of anilines is 3. The number of pyridine rings is 2. The number of fused-ring (bicyclic) bond motifs is 1. The number of nitrogens with zero attached hydrogens (tertiary/aromatic N) is 7. The van der Waals surface area contributed by atoms with Gasteiger partial charge in [0, 0.05) is 26.0 Å². The highest BCUT2D eigenvalue weighted by Crippen LogP contribution is 2.37. The first-order chi connectivity index (χ1) is 18.5. The van der Waals surface area contributed by atoms with E-state index in [0.717, 1.165) is 24.4 Å². The minimum absolute atomic E-state index is 0.0402. The molecule has 0 spiro atoms. The van der Waals surface area contributed by atoms with Crippen molar-refractivity contribution in [3.8, 4) is 11.4 Å². The maximum absolute atomic E-state index is 14.0. The van der Waals surface area contributed by atoms with Crippen LogP contribution in [0.5, 0.6) is 0 Å².